The van der Waals surface area contributed by atoms with Crippen LogP contribution in [-0.4, -0.2) is 0 Å². The van der Waals surface area contributed by atoms with E-state index in [1.807, 2.05) is 0 Å². The Balaban J connectivity index is 1.86. The van der Waals surface area contributed by atoms with Crippen LogP contribution in [0.1, 0.15) is 5.56 Å². The van der Waals surface area contributed by atoms with Crippen molar-refractivity contribution in [3.05, 3.63) is 84.4 Å². The number of hydrogen-bond donors (Lipinski definition) is 0. The van der Waals surface area contributed by atoms with Gasteiger partial charge in [-0.25, -0.2) is 0 Å². The summed E-state index contributed by atoms with van der Waals surface area (Å²) in [5.41, 5.74) is 1.31. The molecule has 0 unspecified atom stereocenters. The number of benzene rings is 5. The van der Waals surface area contributed by atoms with Gasteiger partial charge in [0.25, 0.3) is 0 Å². The van der Waals surface area contributed by atoms with Crippen molar-refractivity contribution in [2.75, 3.05) is 0 Å². The summed E-state index contributed by atoms with van der Waals surface area (Å²) in [6.45, 7) is 0. The van der Waals surface area contributed by atoms with Crippen LogP contribution in [0.3, 0.4) is 0 Å². The van der Waals surface area contributed by atoms with Gasteiger partial charge in [0.15, 0.2) is 0 Å². The fraction of sp³-hybridized carbons (Fsp3) is 0.0435. The van der Waals surface area contributed by atoms with E-state index in [2.05, 4.69) is 94.8 Å². The molecule has 0 N–H and O–H groups in total. The Morgan fingerprint density at radius 1 is 0.458 bits per heavy atom. The molecule has 0 radical (unpaired) electrons. The van der Waals surface area contributed by atoms with Crippen LogP contribution in [0.2, 0.25) is 0 Å². The Hall–Kier alpha value is -2.38. The van der Waals surface area contributed by atoms with E-state index in [1.165, 1.54) is 48.7 Å². The third kappa shape index (κ3) is 2.20. The minimum Gasteiger partial charge on any atom is -0.0876 e. The highest BCUT2D eigenvalue weighted by molar-refractivity contribution is 9.08. The molecule has 24 heavy (non-hydrogen) atoms. The van der Waals surface area contributed by atoms with Crippen LogP contribution in [0, 0.1) is 0 Å². The van der Waals surface area contributed by atoms with Crippen molar-refractivity contribution in [2.24, 2.45) is 0 Å². The highest BCUT2D eigenvalue weighted by atomic mass is 79.9. The number of halogens is 1. The summed E-state index contributed by atoms with van der Waals surface area (Å²) in [5, 5.41) is 11.3. The van der Waals surface area contributed by atoms with Crippen molar-refractivity contribution in [1.82, 2.24) is 0 Å². The van der Waals surface area contributed by atoms with E-state index in [1.54, 1.807) is 0 Å². The van der Waals surface area contributed by atoms with Gasteiger partial charge in [-0.1, -0.05) is 58.4 Å². The van der Waals surface area contributed by atoms with Gasteiger partial charge in [-0.05, 0) is 85.1 Å². The number of fused-ring (bicyclic) bond motifs is 4. The second-order valence-corrected chi connectivity index (χ2v) is 6.97. The number of alkyl halides is 1. The van der Waals surface area contributed by atoms with Crippen molar-refractivity contribution >= 4 is 59.0 Å². The van der Waals surface area contributed by atoms with Crippen LogP contribution in [0.4, 0.5) is 0 Å². The van der Waals surface area contributed by atoms with Crippen LogP contribution in [-0.2, 0) is 5.33 Å². The summed E-state index contributed by atoms with van der Waals surface area (Å²) in [7, 11) is 0. The predicted octanol–water partition coefficient (Wildman–Crippen LogP) is 7.19. The average molecular weight is 371 g/mol. The molecule has 1 heteroatoms. The molecular weight excluding hydrogens is 356 g/mol. The highest BCUT2D eigenvalue weighted by Crippen LogP contribution is 2.30. The molecule has 0 atom stereocenters. The van der Waals surface area contributed by atoms with Crippen molar-refractivity contribution in [1.29, 1.82) is 0 Å². The van der Waals surface area contributed by atoms with E-state index >= 15 is 0 Å². The molecule has 5 rings (SSSR count). The molecular formula is C23H15Br. The number of rotatable bonds is 1. The fourth-order valence-electron chi connectivity index (χ4n) is 3.58. The van der Waals surface area contributed by atoms with E-state index in [0.29, 0.717) is 0 Å². The van der Waals surface area contributed by atoms with E-state index < -0.39 is 0 Å². The monoisotopic (exact) mass is 370 g/mol. The lowest BCUT2D eigenvalue weighted by Gasteiger charge is -2.08. The van der Waals surface area contributed by atoms with E-state index in [0.717, 1.165) is 5.33 Å². The summed E-state index contributed by atoms with van der Waals surface area (Å²) >= 11 is 3.55. The third-order valence-corrected chi connectivity index (χ3v) is 5.48. The third-order valence-electron chi connectivity index (χ3n) is 4.83. The Labute approximate surface area is 148 Å². The molecule has 5 aromatic rings. The lowest BCUT2D eigenvalue weighted by Crippen LogP contribution is -1.82. The smallest absolute Gasteiger partial charge is 0.0283 e. The van der Waals surface area contributed by atoms with Gasteiger partial charge in [-0.3, -0.25) is 0 Å². The Kier molecular flexibility index (Phi) is 3.11. The maximum absolute atomic E-state index is 3.55. The van der Waals surface area contributed by atoms with Crippen LogP contribution in [0.15, 0.2) is 78.9 Å². The Morgan fingerprint density at radius 2 is 0.875 bits per heavy atom. The van der Waals surface area contributed by atoms with Crippen LogP contribution >= 0.6 is 15.9 Å². The molecule has 0 saturated heterocycles. The second-order valence-electron chi connectivity index (χ2n) is 6.41. The lowest BCUT2D eigenvalue weighted by molar-refractivity contribution is 1.47. The van der Waals surface area contributed by atoms with Gasteiger partial charge in [0, 0.05) is 5.33 Å². The molecule has 0 fully saturated rings. The molecule has 0 nitrogen and oxygen atoms in total. The molecule has 0 aliphatic carbocycles. The van der Waals surface area contributed by atoms with Gasteiger partial charge in [0.05, 0.1) is 0 Å². The van der Waals surface area contributed by atoms with Crippen LogP contribution in [0.25, 0.3) is 43.1 Å². The quantitative estimate of drug-likeness (QED) is 0.216. The fourth-order valence-corrected chi connectivity index (χ4v) is 3.92. The Morgan fingerprint density at radius 3 is 1.38 bits per heavy atom. The summed E-state index contributed by atoms with van der Waals surface area (Å²) in [5.74, 6) is 0. The zero-order valence-electron chi connectivity index (χ0n) is 13.1. The normalized spacial score (nSPS) is 11.7. The van der Waals surface area contributed by atoms with Gasteiger partial charge in [0.1, 0.15) is 0 Å². The first-order chi connectivity index (χ1) is 11.8. The molecule has 0 saturated carbocycles. The molecule has 0 spiro atoms. The van der Waals surface area contributed by atoms with Crippen molar-refractivity contribution in [2.45, 2.75) is 5.33 Å². The van der Waals surface area contributed by atoms with E-state index in [-0.39, 0.29) is 0 Å². The summed E-state index contributed by atoms with van der Waals surface area (Å²) in [4.78, 5) is 0. The molecule has 114 valence electrons. The first-order valence-corrected chi connectivity index (χ1v) is 9.27. The lowest BCUT2D eigenvalue weighted by atomic mass is 9.97. The number of hydrogen-bond acceptors (Lipinski definition) is 0. The summed E-state index contributed by atoms with van der Waals surface area (Å²) in [6, 6.07) is 29.1. The SMILES string of the molecule is BrCc1ccc2cc3cc4cc5ccccc5cc4cc3cc2c1. The summed E-state index contributed by atoms with van der Waals surface area (Å²) in [6.07, 6.45) is 0. The van der Waals surface area contributed by atoms with Crippen LogP contribution < -0.4 is 0 Å². The summed E-state index contributed by atoms with van der Waals surface area (Å²) < 4.78 is 0. The predicted molar refractivity (Wildman–Crippen MR) is 109 cm³/mol. The van der Waals surface area contributed by atoms with Crippen LogP contribution in [0.5, 0.6) is 0 Å². The average Bonchev–Trinajstić information content (AvgIpc) is 2.62. The zero-order chi connectivity index (χ0) is 16.1. The highest BCUT2D eigenvalue weighted by Gasteiger charge is 2.04. The van der Waals surface area contributed by atoms with Gasteiger partial charge in [-0.2, -0.15) is 0 Å². The van der Waals surface area contributed by atoms with E-state index in [9.17, 15) is 0 Å². The maximum atomic E-state index is 3.55. The molecule has 0 amide bonds. The second kappa shape index (κ2) is 5.32. The molecule has 0 heterocycles. The molecule has 0 aliphatic heterocycles. The maximum Gasteiger partial charge on any atom is 0.0283 e. The molecule has 0 aromatic heterocycles. The van der Waals surface area contributed by atoms with Crippen molar-refractivity contribution < 1.29 is 0 Å². The largest absolute Gasteiger partial charge is 0.0876 e. The first-order valence-electron chi connectivity index (χ1n) is 8.15. The van der Waals surface area contributed by atoms with Crippen molar-refractivity contribution in [3.63, 3.8) is 0 Å². The topological polar surface area (TPSA) is 0 Å². The molecule has 5 aromatic carbocycles. The standard InChI is InChI=1S/C23H15Br/c24-14-15-5-6-18-10-22-12-20-8-16-3-1-2-4-17(16)9-21(20)13-23(22)11-19(18)7-15/h1-13H,14H2. The zero-order valence-corrected chi connectivity index (χ0v) is 14.7. The van der Waals surface area contributed by atoms with Gasteiger partial charge >= 0.3 is 0 Å². The van der Waals surface area contributed by atoms with E-state index in [4.69, 9.17) is 0 Å². The van der Waals surface area contributed by atoms with Gasteiger partial charge < -0.3 is 0 Å². The van der Waals surface area contributed by atoms with Gasteiger partial charge in [0.2, 0.25) is 0 Å². The first kappa shape index (κ1) is 14.0. The minimum atomic E-state index is 0.894. The van der Waals surface area contributed by atoms with Crippen molar-refractivity contribution in [3.8, 4) is 0 Å². The minimum absolute atomic E-state index is 0.894. The Bertz CT molecular complexity index is 1230. The van der Waals surface area contributed by atoms with Gasteiger partial charge in [-0.15, -0.1) is 0 Å². The molecule has 0 aliphatic rings. The molecule has 0 bridgehead atoms.